The zero-order chi connectivity index (χ0) is 31.5. The number of hydrogen-bond donors (Lipinski definition) is 9. The van der Waals surface area contributed by atoms with Crippen LogP contribution in [0.5, 0.6) is 11.9 Å². The second kappa shape index (κ2) is 13.8. The average molecular weight is 635 g/mol. The van der Waals surface area contributed by atoms with Crippen LogP contribution in [0, 0.1) is 0 Å². The quantitative estimate of drug-likeness (QED) is 0.115. The Bertz CT molecular complexity index is 1300. The van der Waals surface area contributed by atoms with Crippen molar-refractivity contribution in [3.05, 3.63) is 30.3 Å². The molecule has 0 saturated carbocycles. The number of methoxy groups -OCH3 is 2. The predicted molar refractivity (Wildman–Crippen MR) is 142 cm³/mol. The Labute approximate surface area is 245 Å². The Morgan fingerprint density at radius 1 is 0.837 bits per heavy atom. The summed E-state index contributed by atoms with van der Waals surface area (Å²) < 4.78 is 54.5. The van der Waals surface area contributed by atoms with Crippen LogP contribution in [-0.4, -0.2) is 143 Å². The van der Waals surface area contributed by atoms with Crippen LogP contribution in [0.1, 0.15) is 0 Å². The Morgan fingerprint density at radius 3 is 2.12 bits per heavy atom. The lowest BCUT2D eigenvalue weighted by Gasteiger charge is -2.46. The van der Waals surface area contributed by atoms with E-state index in [1.807, 2.05) is 0 Å². The summed E-state index contributed by atoms with van der Waals surface area (Å²) in [6, 6.07) is 6.37. The number of hydrogen-bond acceptors (Lipinski definition) is 17. The topological polar surface area (TPSA) is 272 Å². The van der Waals surface area contributed by atoms with E-state index in [1.54, 1.807) is 0 Å². The maximum Gasteiger partial charge on any atom is 0.321 e. The maximum absolute atomic E-state index is 12.9. The highest BCUT2D eigenvalue weighted by atomic mass is 32.2. The molecule has 0 unspecified atom stereocenters. The van der Waals surface area contributed by atoms with Crippen LogP contribution in [0.3, 0.4) is 0 Å². The predicted octanol–water partition coefficient (Wildman–Crippen LogP) is -3.67. The zero-order valence-electron chi connectivity index (χ0n) is 22.9. The Hall–Kier alpha value is -2.95. The molecule has 0 spiro atoms. The molecule has 2 saturated heterocycles. The number of anilines is 2. The van der Waals surface area contributed by atoms with Gasteiger partial charge in [0.25, 0.3) is 10.0 Å². The first-order valence-electron chi connectivity index (χ1n) is 12.9. The van der Waals surface area contributed by atoms with Gasteiger partial charge >= 0.3 is 6.01 Å². The lowest BCUT2D eigenvalue weighted by atomic mass is 9.96. The summed E-state index contributed by atoms with van der Waals surface area (Å²) in [6.07, 6.45) is -15.6. The monoisotopic (exact) mass is 634 g/mol. The molecule has 2 aliphatic rings. The molecular formula is C24H34N4O14S. The minimum Gasteiger partial charge on any atom is -0.481 e. The van der Waals surface area contributed by atoms with Gasteiger partial charge in [0.2, 0.25) is 5.88 Å². The van der Waals surface area contributed by atoms with Crippen LogP contribution < -0.4 is 19.5 Å². The summed E-state index contributed by atoms with van der Waals surface area (Å²) in [4.78, 5) is 7.67. The molecule has 1 aromatic heterocycles. The van der Waals surface area contributed by atoms with Crippen molar-refractivity contribution in [1.82, 2.24) is 9.97 Å². The summed E-state index contributed by atoms with van der Waals surface area (Å²) >= 11 is 0. The molecular weight excluding hydrogens is 600 g/mol. The molecule has 43 heavy (non-hydrogen) atoms. The first-order chi connectivity index (χ1) is 20.4. The van der Waals surface area contributed by atoms with E-state index in [4.69, 9.17) is 23.7 Å². The first-order valence-corrected chi connectivity index (χ1v) is 14.4. The van der Waals surface area contributed by atoms with Crippen molar-refractivity contribution in [3.8, 4) is 11.9 Å². The molecule has 2 aromatic rings. The fraction of sp³-hybridized carbons (Fsp3) is 0.583. The molecule has 2 fully saturated rings. The third-order valence-electron chi connectivity index (χ3n) is 6.79. The van der Waals surface area contributed by atoms with E-state index >= 15 is 0 Å². The van der Waals surface area contributed by atoms with Crippen LogP contribution in [0.25, 0.3) is 0 Å². The highest BCUT2D eigenvalue weighted by Gasteiger charge is 2.50. The summed E-state index contributed by atoms with van der Waals surface area (Å²) in [5.41, 5.74) is 0.269. The standard InChI is InChI=1S/C24H34N4O14S/c1-38-15-7-14(26-24(27-15)39-2)28-43(36,37)11-5-3-10(4-6-11)25-22-19(34)18(33)21(13(9-30)40-22)42-23-20(35)17(32)16(31)12(8-29)41-23/h3-7,12-13,16-23,25,29-35H,8-9H2,1-2H3,(H,26,27,28)/t12-,13-,16+,17+,18-,19-,20-,21-,22-,23+/m1/s1. The third-order valence-corrected chi connectivity index (χ3v) is 8.16. The molecule has 0 aliphatic carbocycles. The molecule has 240 valence electrons. The van der Waals surface area contributed by atoms with Crippen molar-refractivity contribution in [2.45, 2.75) is 66.2 Å². The summed E-state index contributed by atoms with van der Waals surface area (Å²) in [7, 11) is -1.47. The largest absolute Gasteiger partial charge is 0.481 e. The minimum absolute atomic E-state index is 0.0688. The number of aromatic nitrogens is 2. The van der Waals surface area contributed by atoms with E-state index < -0.39 is 84.6 Å². The fourth-order valence-electron chi connectivity index (χ4n) is 4.45. The number of nitrogens with one attached hydrogen (secondary N) is 2. The Balaban J connectivity index is 1.43. The molecule has 0 radical (unpaired) electrons. The van der Waals surface area contributed by atoms with Gasteiger partial charge in [0.15, 0.2) is 18.3 Å². The van der Waals surface area contributed by atoms with Gasteiger partial charge < -0.3 is 64.7 Å². The van der Waals surface area contributed by atoms with Gasteiger partial charge in [-0.15, -0.1) is 0 Å². The molecule has 3 heterocycles. The van der Waals surface area contributed by atoms with E-state index in [1.165, 1.54) is 44.6 Å². The van der Waals surface area contributed by atoms with E-state index in [2.05, 4.69) is 20.0 Å². The smallest absolute Gasteiger partial charge is 0.321 e. The number of nitrogens with zero attached hydrogens (tertiary/aromatic N) is 2. The second-order valence-corrected chi connectivity index (χ2v) is 11.3. The highest BCUT2D eigenvalue weighted by Crippen LogP contribution is 2.30. The van der Waals surface area contributed by atoms with Gasteiger partial charge in [0, 0.05) is 11.8 Å². The van der Waals surface area contributed by atoms with Gasteiger partial charge in [-0.3, -0.25) is 4.72 Å². The molecule has 0 amide bonds. The SMILES string of the molecule is COc1cc(NS(=O)(=O)c2ccc(N[C@@H]3O[C@H](CO)[C@@H](O[C@@H]4O[C@H](CO)[C@H](O)[C@H](O)[C@H]4O)[C@H](O)[C@H]3O)cc2)nc(OC)n1. The van der Waals surface area contributed by atoms with Crippen LogP contribution in [0.15, 0.2) is 35.2 Å². The molecule has 10 atom stereocenters. The molecule has 0 bridgehead atoms. The molecule has 18 nitrogen and oxygen atoms in total. The number of aliphatic hydroxyl groups is 7. The van der Waals surface area contributed by atoms with Gasteiger partial charge in [-0.1, -0.05) is 0 Å². The van der Waals surface area contributed by atoms with Crippen molar-refractivity contribution in [3.63, 3.8) is 0 Å². The van der Waals surface area contributed by atoms with Crippen molar-refractivity contribution in [1.29, 1.82) is 0 Å². The van der Waals surface area contributed by atoms with Gasteiger partial charge in [0.1, 0.15) is 48.8 Å². The van der Waals surface area contributed by atoms with Gasteiger partial charge in [-0.25, -0.2) is 8.42 Å². The molecule has 2 aliphatic heterocycles. The van der Waals surface area contributed by atoms with Gasteiger partial charge in [0.05, 0.1) is 32.3 Å². The summed E-state index contributed by atoms with van der Waals surface area (Å²) in [6.45, 7) is -1.43. The van der Waals surface area contributed by atoms with E-state index in [9.17, 15) is 44.2 Å². The third kappa shape index (κ3) is 7.24. The summed E-state index contributed by atoms with van der Waals surface area (Å²) in [5.74, 6) is -0.0338. The van der Waals surface area contributed by atoms with Crippen molar-refractivity contribution < 1.29 is 67.8 Å². The van der Waals surface area contributed by atoms with Crippen LogP contribution >= 0.6 is 0 Å². The van der Waals surface area contributed by atoms with Gasteiger partial charge in [-0.2, -0.15) is 9.97 Å². The number of ether oxygens (including phenoxy) is 5. The van der Waals surface area contributed by atoms with Crippen molar-refractivity contribution in [2.24, 2.45) is 0 Å². The Kier molecular flexibility index (Phi) is 10.6. The van der Waals surface area contributed by atoms with E-state index in [0.29, 0.717) is 0 Å². The first kappa shape index (κ1) is 33.0. The van der Waals surface area contributed by atoms with Gasteiger partial charge in [-0.05, 0) is 24.3 Å². The normalized spacial score (nSPS) is 33.0. The average Bonchev–Trinajstić information content (AvgIpc) is 3.00. The number of rotatable bonds is 11. The maximum atomic E-state index is 12.9. The molecule has 4 rings (SSSR count). The molecule has 1 aromatic carbocycles. The highest BCUT2D eigenvalue weighted by molar-refractivity contribution is 7.92. The van der Waals surface area contributed by atoms with Crippen molar-refractivity contribution >= 4 is 21.5 Å². The minimum atomic E-state index is -4.12. The zero-order valence-corrected chi connectivity index (χ0v) is 23.7. The number of sulfonamides is 1. The Morgan fingerprint density at radius 2 is 1.51 bits per heavy atom. The molecule has 19 heteroatoms. The fourth-order valence-corrected chi connectivity index (χ4v) is 5.44. The van der Waals surface area contributed by atoms with Crippen molar-refractivity contribution in [2.75, 3.05) is 37.5 Å². The molecule has 9 N–H and O–H groups in total. The number of benzene rings is 1. The second-order valence-electron chi connectivity index (χ2n) is 9.61. The number of aliphatic hydroxyl groups excluding tert-OH is 7. The summed E-state index contributed by atoms with van der Waals surface area (Å²) in [5, 5.41) is 73.8. The van der Waals surface area contributed by atoms with E-state index in [-0.39, 0.29) is 28.3 Å². The lowest BCUT2D eigenvalue weighted by molar-refractivity contribution is -0.340. The van der Waals surface area contributed by atoms with Crippen LogP contribution in [0.4, 0.5) is 11.5 Å². The lowest BCUT2D eigenvalue weighted by Crippen LogP contribution is -2.65. The van der Waals surface area contributed by atoms with E-state index in [0.717, 1.165) is 0 Å². The van der Waals surface area contributed by atoms with Crippen LogP contribution in [-0.2, 0) is 24.2 Å². The van der Waals surface area contributed by atoms with Crippen LogP contribution in [0.2, 0.25) is 0 Å².